The molecule has 0 bridgehead atoms. The number of furan rings is 1. The molecule has 0 aliphatic carbocycles. The lowest BCUT2D eigenvalue weighted by Gasteiger charge is -2.35. The van der Waals surface area contributed by atoms with Crippen molar-refractivity contribution in [3.63, 3.8) is 0 Å². The van der Waals surface area contributed by atoms with Gasteiger partial charge < -0.3 is 18.6 Å². The Balaban J connectivity index is 1.42. The van der Waals surface area contributed by atoms with Crippen molar-refractivity contribution in [3.8, 4) is 17.7 Å². The number of carbonyl (C=O) groups excluding carboxylic acids is 1. The van der Waals surface area contributed by atoms with Gasteiger partial charge in [0.1, 0.15) is 6.07 Å². The quantitative estimate of drug-likeness (QED) is 0.483. The van der Waals surface area contributed by atoms with E-state index >= 15 is 0 Å². The maximum absolute atomic E-state index is 13.2. The number of piperidine rings is 1. The monoisotopic (exact) mass is 472 g/mol. The molecule has 1 aromatic carbocycles. The number of hydrogen-bond donors (Lipinski definition) is 0. The highest BCUT2D eigenvalue weighted by molar-refractivity contribution is 6.35. The molecule has 1 fully saturated rings. The number of aromatic nitrogens is 1. The van der Waals surface area contributed by atoms with Crippen molar-refractivity contribution in [2.75, 3.05) is 25.0 Å². The molecule has 0 saturated carbocycles. The Hall–Kier alpha value is -2.95. The molecule has 9 heteroatoms. The number of anilines is 1. The largest absolute Gasteiger partial charge is 0.459 e. The molecule has 32 heavy (non-hydrogen) atoms. The summed E-state index contributed by atoms with van der Waals surface area (Å²) in [5.74, 6) is 1.10. The Morgan fingerprint density at radius 2 is 2.06 bits per heavy atom. The average molecular weight is 473 g/mol. The Labute approximate surface area is 196 Å². The van der Waals surface area contributed by atoms with E-state index in [0.717, 1.165) is 5.56 Å². The molecule has 3 aromatic rings. The normalized spacial score (nSPS) is 15.4. The molecule has 1 atom stereocenters. The summed E-state index contributed by atoms with van der Waals surface area (Å²) in [6.07, 6.45) is 2.81. The van der Waals surface area contributed by atoms with Gasteiger partial charge in [0, 0.05) is 36.1 Å². The lowest BCUT2D eigenvalue weighted by molar-refractivity contribution is -0.136. The van der Waals surface area contributed by atoms with Gasteiger partial charge in [0.15, 0.2) is 5.76 Å². The average Bonchev–Trinajstić information content (AvgIpc) is 3.47. The summed E-state index contributed by atoms with van der Waals surface area (Å²) in [5.41, 5.74) is 1.07. The number of halogens is 2. The van der Waals surface area contributed by atoms with Crippen molar-refractivity contribution in [2.45, 2.75) is 25.8 Å². The first-order chi connectivity index (χ1) is 15.4. The van der Waals surface area contributed by atoms with Crippen LogP contribution < -0.4 is 4.90 Å². The highest BCUT2D eigenvalue weighted by atomic mass is 35.5. The fourth-order valence-corrected chi connectivity index (χ4v) is 4.53. The second-order valence-corrected chi connectivity index (χ2v) is 8.66. The molecule has 4 rings (SSSR count). The summed E-state index contributed by atoms with van der Waals surface area (Å²) >= 11 is 12.3. The Morgan fingerprint density at radius 3 is 2.69 bits per heavy atom. The second kappa shape index (κ2) is 9.27. The van der Waals surface area contributed by atoms with E-state index in [1.165, 1.54) is 6.26 Å². The number of amides is 1. The molecule has 1 aliphatic heterocycles. The summed E-state index contributed by atoms with van der Waals surface area (Å²) in [6, 6.07) is 10.7. The Kier molecular flexibility index (Phi) is 6.45. The molecule has 0 N–H and O–H groups in total. The molecule has 7 nitrogen and oxygen atoms in total. The van der Waals surface area contributed by atoms with E-state index in [2.05, 4.69) is 11.1 Å². The summed E-state index contributed by atoms with van der Waals surface area (Å²) in [5, 5.41) is 10.6. The van der Waals surface area contributed by atoms with E-state index < -0.39 is 0 Å². The first-order valence-electron chi connectivity index (χ1n) is 10.3. The number of rotatable bonds is 5. The lowest BCUT2D eigenvalue weighted by Crippen LogP contribution is -2.42. The molecular weight excluding hydrogens is 451 g/mol. The lowest BCUT2D eigenvalue weighted by atomic mass is 9.94. The first kappa shape index (κ1) is 22.3. The zero-order valence-electron chi connectivity index (χ0n) is 17.7. The molecule has 1 amide bonds. The van der Waals surface area contributed by atoms with Crippen molar-refractivity contribution >= 4 is 35.0 Å². The maximum atomic E-state index is 13.2. The van der Waals surface area contributed by atoms with E-state index in [-0.39, 0.29) is 29.5 Å². The van der Waals surface area contributed by atoms with Gasteiger partial charge in [-0.3, -0.25) is 4.79 Å². The van der Waals surface area contributed by atoms with E-state index in [4.69, 9.17) is 32.0 Å². The molecule has 1 unspecified atom stereocenters. The van der Waals surface area contributed by atoms with Crippen LogP contribution in [0.1, 0.15) is 37.1 Å². The van der Waals surface area contributed by atoms with Crippen LogP contribution in [0.2, 0.25) is 10.0 Å². The second-order valence-electron chi connectivity index (χ2n) is 7.81. The van der Waals surface area contributed by atoms with Gasteiger partial charge >= 0.3 is 0 Å². The van der Waals surface area contributed by atoms with Gasteiger partial charge in [0.25, 0.3) is 5.89 Å². The molecule has 166 valence electrons. The minimum Gasteiger partial charge on any atom is -0.459 e. The van der Waals surface area contributed by atoms with E-state index in [1.807, 2.05) is 17.9 Å². The third-order valence-electron chi connectivity index (χ3n) is 5.92. The van der Waals surface area contributed by atoms with Gasteiger partial charge in [-0.05, 0) is 49.6 Å². The predicted octanol–water partition coefficient (Wildman–Crippen LogP) is 5.55. The number of carbonyl (C=O) groups is 1. The van der Waals surface area contributed by atoms with Crippen LogP contribution in [0.3, 0.4) is 0 Å². The SMILES string of the molecule is CC(c1ccc(Cl)cc1Cl)N(C)C(=O)C1CCN(c2oc(-c3ccco3)nc2C#N)CC1. The third-order valence-corrected chi connectivity index (χ3v) is 6.48. The van der Waals surface area contributed by atoms with Gasteiger partial charge in [0.2, 0.25) is 17.5 Å². The van der Waals surface area contributed by atoms with Crippen molar-refractivity contribution < 1.29 is 13.6 Å². The van der Waals surface area contributed by atoms with E-state index in [1.54, 1.807) is 36.2 Å². The fourth-order valence-electron chi connectivity index (χ4n) is 3.96. The van der Waals surface area contributed by atoms with Crippen molar-refractivity contribution in [1.29, 1.82) is 5.26 Å². The van der Waals surface area contributed by atoms with Crippen LogP contribution in [0, 0.1) is 17.2 Å². The number of benzene rings is 1. The van der Waals surface area contributed by atoms with E-state index in [9.17, 15) is 10.1 Å². The van der Waals surface area contributed by atoms with Gasteiger partial charge in [0.05, 0.1) is 12.3 Å². The minimum atomic E-state index is -0.180. The van der Waals surface area contributed by atoms with Crippen LogP contribution >= 0.6 is 23.2 Å². The summed E-state index contributed by atoms with van der Waals surface area (Å²) in [4.78, 5) is 21.1. The maximum Gasteiger partial charge on any atom is 0.266 e. The van der Waals surface area contributed by atoms with Crippen molar-refractivity contribution in [1.82, 2.24) is 9.88 Å². The number of nitrogens with zero attached hydrogens (tertiary/aromatic N) is 4. The fraction of sp³-hybridized carbons (Fsp3) is 0.348. The van der Waals surface area contributed by atoms with Crippen LogP contribution in [0.25, 0.3) is 11.7 Å². The molecule has 2 aromatic heterocycles. The number of nitriles is 1. The molecular formula is C23H22Cl2N4O3. The summed E-state index contributed by atoms with van der Waals surface area (Å²) in [6.45, 7) is 3.12. The zero-order valence-corrected chi connectivity index (χ0v) is 19.2. The highest BCUT2D eigenvalue weighted by Crippen LogP contribution is 2.34. The third kappa shape index (κ3) is 4.34. The molecule has 0 spiro atoms. The van der Waals surface area contributed by atoms with Gasteiger partial charge in [-0.25, -0.2) is 0 Å². The van der Waals surface area contributed by atoms with Crippen LogP contribution in [-0.2, 0) is 4.79 Å². The minimum absolute atomic E-state index is 0.0671. The molecule has 1 aliphatic rings. The summed E-state index contributed by atoms with van der Waals surface area (Å²) < 4.78 is 11.1. The van der Waals surface area contributed by atoms with Gasteiger partial charge in [-0.15, -0.1) is 0 Å². The van der Waals surface area contributed by atoms with Crippen LogP contribution in [0.5, 0.6) is 0 Å². The zero-order chi connectivity index (χ0) is 22.8. The van der Waals surface area contributed by atoms with E-state index in [0.29, 0.717) is 47.6 Å². The van der Waals surface area contributed by atoms with Crippen LogP contribution in [0.4, 0.5) is 5.88 Å². The topological polar surface area (TPSA) is 86.5 Å². The Bertz CT molecular complexity index is 1140. The molecule has 3 heterocycles. The molecule has 1 saturated heterocycles. The number of hydrogen-bond acceptors (Lipinski definition) is 6. The van der Waals surface area contributed by atoms with Crippen LogP contribution in [0.15, 0.2) is 45.4 Å². The standard InChI is InChI=1S/C23H22Cl2N4O3/c1-14(17-6-5-16(24)12-18(17)25)28(2)22(30)15-7-9-29(10-8-15)23-19(13-26)27-21(32-23)20-4-3-11-31-20/h3-6,11-12,14-15H,7-10H2,1-2H3. The predicted molar refractivity (Wildman–Crippen MR) is 122 cm³/mol. The summed E-state index contributed by atoms with van der Waals surface area (Å²) in [7, 11) is 1.80. The molecule has 0 radical (unpaired) electrons. The van der Waals surface area contributed by atoms with Gasteiger partial charge in [-0.1, -0.05) is 29.3 Å². The smallest absolute Gasteiger partial charge is 0.266 e. The first-order valence-corrected chi connectivity index (χ1v) is 11.1. The van der Waals surface area contributed by atoms with Crippen molar-refractivity contribution in [3.05, 3.63) is 57.9 Å². The van der Waals surface area contributed by atoms with Crippen LogP contribution in [-0.4, -0.2) is 35.9 Å². The number of oxazole rings is 1. The van der Waals surface area contributed by atoms with Gasteiger partial charge in [-0.2, -0.15) is 10.2 Å². The Morgan fingerprint density at radius 1 is 1.31 bits per heavy atom. The highest BCUT2D eigenvalue weighted by Gasteiger charge is 2.32. The van der Waals surface area contributed by atoms with Crippen molar-refractivity contribution in [2.24, 2.45) is 5.92 Å².